The Kier molecular flexibility index (Phi) is 9.71. The molecule has 0 unspecified atom stereocenters. The molecule has 1 aromatic heterocycles. The number of aromatic hydroxyl groups is 3. The van der Waals surface area contributed by atoms with Gasteiger partial charge in [-0.3, -0.25) is 9.59 Å². The normalized spacial score (nSPS) is 31.5. The first kappa shape index (κ1) is 33.4. The number of aliphatic hydroxyl groups is 5. The van der Waals surface area contributed by atoms with Gasteiger partial charge >= 0.3 is 5.97 Å². The van der Waals surface area contributed by atoms with Crippen LogP contribution in [0.5, 0.6) is 23.0 Å². The molecule has 0 bridgehead atoms. The maximum atomic E-state index is 13.5. The summed E-state index contributed by atoms with van der Waals surface area (Å²) in [6.07, 6.45) is -15.1. The van der Waals surface area contributed by atoms with Crippen molar-refractivity contribution in [2.24, 2.45) is 0 Å². The van der Waals surface area contributed by atoms with Gasteiger partial charge in [0, 0.05) is 24.6 Å². The van der Waals surface area contributed by atoms with E-state index in [0.717, 1.165) is 19.1 Å². The average molecular weight is 651 g/mol. The Balaban J connectivity index is 1.35. The minimum atomic E-state index is -1.79. The van der Waals surface area contributed by atoms with Gasteiger partial charge in [-0.05, 0) is 31.2 Å². The van der Waals surface area contributed by atoms with Crippen molar-refractivity contribution in [2.75, 3.05) is 13.2 Å². The number of benzene rings is 2. The van der Waals surface area contributed by atoms with Crippen molar-refractivity contribution in [1.82, 2.24) is 0 Å². The first-order valence-corrected chi connectivity index (χ1v) is 14.2. The molecule has 3 heterocycles. The third-order valence-corrected chi connectivity index (χ3v) is 7.77. The van der Waals surface area contributed by atoms with Crippen LogP contribution in [0.3, 0.4) is 0 Å². The molecule has 2 aliphatic heterocycles. The van der Waals surface area contributed by atoms with Gasteiger partial charge in [-0.25, -0.2) is 0 Å². The van der Waals surface area contributed by atoms with Crippen molar-refractivity contribution >= 4 is 16.9 Å². The van der Waals surface area contributed by atoms with Crippen LogP contribution in [0.1, 0.15) is 13.8 Å². The minimum Gasteiger partial charge on any atom is -0.508 e. The van der Waals surface area contributed by atoms with Gasteiger partial charge in [0.15, 0.2) is 12.1 Å². The highest BCUT2D eigenvalue weighted by Crippen LogP contribution is 2.37. The fraction of sp³-hybridized carbons (Fsp3) is 0.467. The zero-order valence-electron chi connectivity index (χ0n) is 24.5. The number of rotatable bonds is 8. The molecule has 8 N–H and O–H groups in total. The number of phenols is 3. The summed E-state index contributed by atoms with van der Waals surface area (Å²) in [6.45, 7) is 1.62. The lowest BCUT2D eigenvalue weighted by atomic mass is 9.95. The molecule has 16 heteroatoms. The number of carbonyl (C=O) groups is 1. The lowest BCUT2D eigenvalue weighted by Gasteiger charge is -2.45. The summed E-state index contributed by atoms with van der Waals surface area (Å²) in [5.74, 6) is -2.23. The molecule has 250 valence electrons. The Bertz CT molecular complexity index is 1610. The van der Waals surface area contributed by atoms with E-state index in [2.05, 4.69) is 0 Å². The number of fused-ring (bicyclic) bond motifs is 1. The Labute approximate surface area is 260 Å². The van der Waals surface area contributed by atoms with Gasteiger partial charge in [-0.2, -0.15) is 0 Å². The first-order chi connectivity index (χ1) is 21.8. The first-order valence-electron chi connectivity index (χ1n) is 14.2. The molecule has 2 saturated heterocycles. The fourth-order valence-electron chi connectivity index (χ4n) is 5.34. The van der Waals surface area contributed by atoms with E-state index in [1.54, 1.807) is 0 Å². The van der Waals surface area contributed by atoms with Gasteiger partial charge in [0.25, 0.3) is 0 Å². The molecule has 2 aromatic carbocycles. The number of hydrogen-bond donors (Lipinski definition) is 8. The van der Waals surface area contributed by atoms with Gasteiger partial charge in [0.2, 0.25) is 11.2 Å². The second-order valence-corrected chi connectivity index (χ2v) is 11.1. The van der Waals surface area contributed by atoms with E-state index in [-0.39, 0.29) is 33.8 Å². The second kappa shape index (κ2) is 13.4. The highest BCUT2D eigenvalue weighted by molar-refractivity contribution is 5.88. The predicted octanol–water partition coefficient (Wildman–Crippen LogP) is -0.779. The third-order valence-electron chi connectivity index (χ3n) is 7.77. The van der Waals surface area contributed by atoms with Crippen LogP contribution in [0.25, 0.3) is 22.3 Å². The van der Waals surface area contributed by atoms with E-state index < -0.39 is 97.3 Å². The van der Waals surface area contributed by atoms with Crippen LogP contribution < -0.4 is 10.2 Å². The van der Waals surface area contributed by atoms with Gasteiger partial charge < -0.3 is 69.0 Å². The summed E-state index contributed by atoms with van der Waals surface area (Å²) in [5, 5.41) is 82.6. The van der Waals surface area contributed by atoms with Crippen LogP contribution in [-0.4, -0.2) is 121 Å². The van der Waals surface area contributed by atoms with Crippen LogP contribution in [0.4, 0.5) is 0 Å². The zero-order valence-corrected chi connectivity index (χ0v) is 24.5. The van der Waals surface area contributed by atoms with Crippen LogP contribution in [0.2, 0.25) is 0 Å². The summed E-state index contributed by atoms with van der Waals surface area (Å²) in [7, 11) is 0. The largest absolute Gasteiger partial charge is 0.508 e. The SMILES string of the molecule is CC(=O)OC[C@H]1O[C@H](O[C@@H]2[C@@H](O)[C@@H](O)[C@H](COc3c(-c4ccc(O)cc4)oc4cc(O)cc(O)c4c3=O)O[C@@H]2C)[C@H](O)[C@@H](O)[C@@H]1O. The fourth-order valence-corrected chi connectivity index (χ4v) is 5.34. The number of carbonyl (C=O) groups excluding carboxylic acids is 1. The van der Waals surface area contributed by atoms with Crippen molar-refractivity contribution in [1.29, 1.82) is 0 Å². The molecule has 0 aliphatic carbocycles. The lowest BCUT2D eigenvalue weighted by molar-refractivity contribution is -0.340. The van der Waals surface area contributed by atoms with E-state index in [1.807, 2.05) is 0 Å². The van der Waals surface area contributed by atoms with Gasteiger partial charge in [0.05, 0.1) is 6.10 Å². The minimum absolute atomic E-state index is 0.0696. The topological polar surface area (TPSA) is 255 Å². The molecule has 10 atom stereocenters. The van der Waals surface area contributed by atoms with Gasteiger partial charge in [-0.1, -0.05) is 0 Å². The molecule has 2 fully saturated rings. The van der Waals surface area contributed by atoms with E-state index in [4.69, 9.17) is 28.1 Å². The van der Waals surface area contributed by atoms with Crippen LogP contribution in [0.15, 0.2) is 45.6 Å². The monoisotopic (exact) mass is 650 g/mol. The smallest absolute Gasteiger partial charge is 0.302 e. The molecule has 5 rings (SSSR count). The van der Waals surface area contributed by atoms with Crippen molar-refractivity contribution in [3.8, 4) is 34.3 Å². The van der Waals surface area contributed by atoms with Gasteiger partial charge in [0.1, 0.15) is 90.3 Å². The molecule has 16 nitrogen and oxygen atoms in total. The predicted molar refractivity (Wildman–Crippen MR) is 153 cm³/mol. The standard InChI is InChI=1S/C30H34O16/c1-11-27(46-30-26(40)24(38)21(35)19(45-30)9-41-12(2)31)25(39)22(36)18(43-11)10-42-29-23(37)20-16(34)7-15(33)8-17(20)44-28(29)13-3-5-14(32)6-4-13/h3-8,11,18-19,21-22,24-27,30,32-36,38-40H,9-10H2,1-2H3/t11-,18+,19-,21-,22+,24+,25+,26-,27+,30-/m1/s1. The highest BCUT2D eigenvalue weighted by atomic mass is 16.7. The molecular weight excluding hydrogens is 616 g/mol. The van der Waals surface area contributed by atoms with Crippen molar-refractivity contribution < 1.29 is 73.7 Å². The number of aliphatic hydroxyl groups excluding tert-OH is 5. The van der Waals surface area contributed by atoms with E-state index in [1.165, 1.54) is 31.2 Å². The number of esters is 1. The Hall–Kier alpha value is -4.00. The summed E-state index contributed by atoms with van der Waals surface area (Å²) in [5.41, 5.74) is -0.697. The molecule has 0 spiro atoms. The molecule has 46 heavy (non-hydrogen) atoms. The molecular formula is C30H34O16. The molecule has 2 aliphatic rings. The van der Waals surface area contributed by atoms with E-state index in [9.17, 15) is 50.4 Å². The average Bonchev–Trinajstić information content (AvgIpc) is 3.00. The zero-order chi connectivity index (χ0) is 33.4. The summed E-state index contributed by atoms with van der Waals surface area (Å²) >= 11 is 0. The Morgan fingerprint density at radius 1 is 0.826 bits per heavy atom. The Morgan fingerprint density at radius 2 is 1.48 bits per heavy atom. The highest BCUT2D eigenvalue weighted by Gasteiger charge is 2.50. The number of ether oxygens (including phenoxy) is 5. The van der Waals surface area contributed by atoms with Crippen LogP contribution >= 0.6 is 0 Å². The van der Waals surface area contributed by atoms with Crippen LogP contribution in [-0.2, 0) is 23.7 Å². The van der Waals surface area contributed by atoms with Gasteiger partial charge in [-0.15, -0.1) is 0 Å². The van der Waals surface area contributed by atoms with E-state index in [0.29, 0.717) is 0 Å². The molecule has 3 aromatic rings. The lowest BCUT2D eigenvalue weighted by Crippen LogP contribution is -2.64. The molecule has 0 saturated carbocycles. The summed E-state index contributed by atoms with van der Waals surface area (Å²) in [4.78, 5) is 24.7. The summed E-state index contributed by atoms with van der Waals surface area (Å²) < 4.78 is 33.5. The van der Waals surface area contributed by atoms with Crippen molar-refractivity contribution in [3.05, 3.63) is 46.6 Å². The Morgan fingerprint density at radius 3 is 2.15 bits per heavy atom. The quantitative estimate of drug-likeness (QED) is 0.139. The maximum Gasteiger partial charge on any atom is 0.302 e. The van der Waals surface area contributed by atoms with Crippen LogP contribution in [0, 0.1) is 0 Å². The third kappa shape index (κ3) is 6.60. The summed E-state index contributed by atoms with van der Waals surface area (Å²) in [6, 6.07) is 7.61. The maximum absolute atomic E-state index is 13.5. The van der Waals surface area contributed by atoms with Crippen molar-refractivity contribution in [3.63, 3.8) is 0 Å². The number of hydrogen-bond acceptors (Lipinski definition) is 16. The molecule has 0 amide bonds. The van der Waals surface area contributed by atoms with E-state index >= 15 is 0 Å². The second-order valence-electron chi connectivity index (χ2n) is 11.1. The number of phenolic OH excluding ortho intramolecular Hbond substituents is 3. The molecule has 0 radical (unpaired) electrons. The van der Waals surface area contributed by atoms with Crippen molar-refractivity contribution in [2.45, 2.75) is 75.1 Å².